The first-order chi connectivity index (χ1) is 25.7. The van der Waals surface area contributed by atoms with Crippen LogP contribution < -0.4 is 9.47 Å². The number of hydrogen-bond donors (Lipinski definition) is 0. The van der Waals surface area contributed by atoms with Crippen LogP contribution in [-0.4, -0.2) is 27.4 Å². The molecule has 0 spiro atoms. The minimum Gasteiger partial charge on any atom is -0.497 e. The number of hydrogen-bond acceptors (Lipinski definition) is 4. The topological polar surface area (TPSA) is 36.9 Å². The molecule has 0 aliphatic rings. The fourth-order valence-electron chi connectivity index (χ4n) is 5.01. The number of methoxy groups -OCH3 is 2. The molecule has 0 saturated carbocycles. The van der Waals surface area contributed by atoms with E-state index >= 15 is 0 Å². The van der Waals surface area contributed by atoms with Gasteiger partial charge in [-0.3, -0.25) is 0 Å². The van der Waals surface area contributed by atoms with Gasteiger partial charge in [-0.15, -0.1) is 0 Å². The van der Waals surface area contributed by atoms with Crippen molar-refractivity contribution in [1.29, 1.82) is 0 Å². The zero-order valence-electron chi connectivity index (χ0n) is 29.8. The van der Waals surface area contributed by atoms with Crippen molar-refractivity contribution in [3.8, 4) is 58.9 Å². The zero-order valence-corrected chi connectivity index (χ0v) is 29.8. The number of benzene rings is 5. The average Bonchev–Trinajstić information content (AvgIpc) is 3.20. The largest absolute Gasteiger partial charge is 0.497 e. The van der Waals surface area contributed by atoms with Crippen molar-refractivity contribution >= 4 is 0 Å². The molecule has 0 bridgehead atoms. The van der Waals surface area contributed by atoms with Crippen LogP contribution in [0.4, 0.5) is 0 Å². The Bertz CT molecular complexity index is 1950. The van der Waals surface area contributed by atoms with Gasteiger partial charge in [0.1, 0.15) is 11.5 Å². The van der Waals surface area contributed by atoms with Crippen molar-refractivity contribution in [3.63, 3.8) is 0 Å². The van der Waals surface area contributed by atoms with Gasteiger partial charge >= 0.3 is 0 Å². The average molecular weight is 683 g/mol. The lowest BCUT2D eigenvalue weighted by molar-refractivity contribution is 0.119. The summed E-state index contributed by atoms with van der Waals surface area (Å²) >= 11 is 0. The standard InChI is InChI=1S/C48H42O4/c1-49-47-29-23-39(24-30-47)21-27-45-35-43(19-11-5-13-33-51-37-41-15-7-3-8-16-41)44(20-12-6-14-34-52-38-42-17-9-4-10-18-42)36-46(45)28-22-40-25-31-48(50-2)32-26-40/h3-4,7-10,15-18,23-26,29-32,35-36H,5-6,13-14,33-34,37-38H2,1-2H3. The molecule has 4 nitrogen and oxygen atoms in total. The van der Waals surface area contributed by atoms with Crippen LogP contribution in [0.3, 0.4) is 0 Å². The Balaban J connectivity index is 1.37. The van der Waals surface area contributed by atoms with E-state index in [1.54, 1.807) is 14.2 Å². The van der Waals surface area contributed by atoms with Crippen molar-refractivity contribution in [3.05, 3.63) is 166 Å². The van der Waals surface area contributed by atoms with Crippen molar-refractivity contribution in [1.82, 2.24) is 0 Å². The molecule has 0 amide bonds. The molecule has 0 atom stereocenters. The van der Waals surface area contributed by atoms with E-state index in [1.165, 1.54) is 0 Å². The van der Waals surface area contributed by atoms with Gasteiger partial charge in [-0.2, -0.15) is 0 Å². The maximum atomic E-state index is 5.87. The van der Waals surface area contributed by atoms with Crippen LogP contribution in [0.5, 0.6) is 11.5 Å². The monoisotopic (exact) mass is 682 g/mol. The quantitative estimate of drug-likeness (QED) is 0.0972. The highest BCUT2D eigenvalue weighted by Gasteiger charge is 2.06. The smallest absolute Gasteiger partial charge is 0.118 e. The van der Waals surface area contributed by atoms with Gasteiger partial charge in [0.15, 0.2) is 0 Å². The highest BCUT2D eigenvalue weighted by Crippen LogP contribution is 2.18. The lowest BCUT2D eigenvalue weighted by Crippen LogP contribution is -1.95. The molecule has 0 heterocycles. The molecule has 0 N–H and O–H groups in total. The highest BCUT2D eigenvalue weighted by molar-refractivity contribution is 5.63. The molecular formula is C48H42O4. The van der Waals surface area contributed by atoms with Crippen molar-refractivity contribution in [2.24, 2.45) is 0 Å². The molecule has 52 heavy (non-hydrogen) atoms. The van der Waals surface area contributed by atoms with Gasteiger partial charge in [0.05, 0.1) is 27.4 Å². The van der Waals surface area contributed by atoms with E-state index in [9.17, 15) is 0 Å². The molecule has 0 fully saturated rings. The van der Waals surface area contributed by atoms with Crippen LogP contribution in [0, 0.1) is 47.4 Å². The van der Waals surface area contributed by atoms with E-state index in [4.69, 9.17) is 18.9 Å². The van der Waals surface area contributed by atoms with Crippen LogP contribution in [-0.2, 0) is 22.7 Å². The summed E-state index contributed by atoms with van der Waals surface area (Å²) in [6.07, 6.45) is 3.07. The first kappa shape index (κ1) is 37.1. The number of ether oxygens (including phenoxy) is 4. The van der Waals surface area contributed by atoms with E-state index in [0.29, 0.717) is 39.3 Å². The molecule has 0 saturated heterocycles. The lowest BCUT2D eigenvalue weighted by atomic mass is 9.98. The summed E-state index contributed by atoms with van der Waals surface area (Å²) in [6, 6.07) is 39.8. The Morgan fingerprint density at radius 1 is 0.423 bits per heavy atom. The summed E-state index contributed by atoms with van der Waals surface area (Å²) in [5, 5.41) is 0. The minimum absolute atomic E-state index is 0.598. The molecule has 0 aliphatic heterocycles. The normalized spacial score (nSPS) is 9.88. The molecular weight excluding hydrogens is 641 g/mol. The molecule has 4 heteroatoms. The maximum Gasteiger partial charge on any atom is 0.118 e. The second-order valence-electron chi connectivity index (χ2n) is 11.8. The van der Waals surface area contributed by atoms with Crippen LogP contribution in [0.15, 0.2) is 121 Å². The fraction of sp³-hybridized carbons (Fsp3) is 0.208. The fourth-order valence-corrected chi connectivity index (χ4v) is 5.01. The third kappa shape index (κ3) is 12.6. The minimum atomic E-state index is 0.598. The summed E-state index contributed by atoms with van der Waals surface area (Å²) in [6.45, 7) is 2.48. The van der Waals surface area contributed by atoms with Gasteiger partial charge in [0.2, 0.25) is 0 Å². The van der Waals surface area contributed by atoms with Crippen LogP contribution in [0.25, 0.3) is 0 Å². The molecule has 5 rings (SSSR count). The predicted molar refractivity (Wildman–Crippen MR) is 209 cm³/mol. The van der Waals surface area contributed by atoms with E-state index in [0.717, 1.165) is 68.8 Å². The summed E-state index contributed by atoms with van der Waals surface area (Å²) < 4.78 is 22.4. The van der Waals surface area contributed by atoms with Gasteiger partial charge in [-0.05, 0) is 84.6 Å². The second kappa shape index (κ2) is 21.2. The molecule has 0 radical (unpaired) electrons. The van der Waals surface area contributed by atoms with Gasteiger partial charge in [0, 0.05) is 59.4 Å². The molecule has 0 aromatic heterocycles. The lowest BCUT2D eigenvalue weighted by Gasteiger charge is -2.04. The molecule has 5 aromatic rings. The Hall–Kier alpha value is -6.14. The number of rotatable bonds is 12. The van der Waals surface area contributed by atoms with Crippen LogP contribution >= 0.6 is 0 Å². The zero-order chi connectivity index (χ0) is 36.1. The van der Waals surface area contributed by atoms with E-state index in [-0.39, 0.29) is 0 Å². The van der Waals surface area contributed by atoms with Gasteiger partial charge in [-0.1, -0.05) is 108 Å². The van der Waals surface area contributed by atoms with E-state index in [1.807, 2.05) is 97.1 Å². The summed E-state index contributed by atoms with van der Waals surface area (Å²) in [7, 11) is 3.30. The van der Waals surface area contributed by atoms with Gasteiger partial charge in [-0.25, -0.2) is 0 Å². The van der Waals surface area contributed by atoms with Crippen LogP contribution in [0.2, 0.25) is 0 Å². The SMILES string of the molecule is COc1ccc(C#Cc2cc(C#CCCCOCc3ccccc3)c(C#CCCCOCc3ccccc3)cc2C#Cc2ccc(OC)cc2)cc1. The van der Waals surface area contributed by atoms with Crippen molar-refractivity contribution in [2.75, 3.05) is 27.4 Å². The Labute approximate surface area is 309 Å². The van der Waals surface area contributed by atoms with Crippen molar-refractivity contribution in [2.45, 2.75) is 38.9 Å². The summed E-state index contributed by atoms with van der Waals surface area (Å²) in [4.78, 5) is 0. The Morgan fingerprint density at radius 2 is 0.808 bits per heavy atom. The molecule has 258 valence electrons. The molecule has 0 unspecified atom stereocenters. The summed E-state index contributed by atoms with van der Waals surface area (Å²) in [5.41, 5.74) is 7.29. The third-order valence-electron chi connectivity index (χ3n) is 7.87. The first-order valence-electron chi connectivity index (χ1n) is 17.4. The van der Waals surface area contributed by atoms with Crippen LogP contribution in [0.1, 0.15) is 70.2 Å². The van der Waals surface area contributed by atoms with E-state index in [2.05, 4.69) is 71.6 Å². The number of unbranched alkanes of at least 4 members (excludes halogenated alkanes) is 2. The van der Waals surface area contributed by atoms with E-state index < -0.39 is 0 Å². The summed E-state index contributed by atoms with van der Waals surface area (Å²) in [5.74, 6) is 28.4. The Kier molecular flexibility index (Phi) is 15.1. The molecule has 5 aromatic carbocycles. The first-order valence-corrected chi connectivity index (χ1v) is 17.4. The third-order valence-corrected chi connectivity index (χ3v) is 7.87. The Morgan fingerprint density at radius 3 is 1.19 bits per heavy atom. The van der Waals surface area contributed by atoms with Crippen molar-refractivity contribution < 1.29 is 18.9 Å². The van der Waals surface area contributed by atoms with Gasteiger partial charge < -0.3 is 18.9 Å². The highest BCUT2D eigenvalue weighted by atomic mass is 16.5. The molecule has 0 aliphatic carbocycles. The maximum absolute atomic E-state index is 5.87. The van der Waals surface area contributed by atoms with Gasteiger partial charge in [0.25, 0.3) is 0 Å². The second-order valence-corrected chi connectivity index (χ2v) is 11.8. The predicted octanol–water partition coefficient (Wildman–Crippen LogP) is 9.20.